The molecule has 0 spiro atoms. The first kappa shape index (κ1) is 17.2. The molecule has 1 aliphatic rings. The average Bonchev–Trinajstić information content (AvgIpc) is 2.85. The van der Waals surface area contributed by atoms with Crippen molar-refractivity contribution in [1.29, 1.82) is 0 Å². The Hall–Kier alpha value is -3.20. The van der Waals surface area contributed by atoms with Gasteiger partial charge in [-0.05, 0) is 35.2 Å². The number of phenolic OH excluding ortho intramolecular Hbond substituents is 1. The number of thioether (sulfide) groups is 1. The molecule has 1 unspecified atom stereocenters. The van der Waals surface area contributed by atoms with Crippen molar-refractivity contribution in [1.82, 2.24) is 15.2 Å². The molecule has 9 heteroatoms. The largest absolute Gasteiger partial charge is 0.506 e. The van der Waals surface area contributed by atoms with Crippen LogP contribution in [-0.4, -0.2) is 26.0 Å². The van der Waals surface area contributed by atoms with E-state index in [9.17, 15) is 10.0 Å². The second-order valence-corrected chi connectivity index (χ2v) is 6.94. The zero-order valence-corrected chi connectivity index (χ0v) is 15.1. The van der Waals surface area contributed by atoms with Crippen LogP contribution in [0.1, 0.15) is 18.7 Å². The lowest BCUT2D eigenvalue weighted by molar-refractivity contribution is 0.225. The highest BCUT2D eigenvalue weighted by atomic mass is 32.2. The van der Waals surface area contributed by atoms with E-state index >= 15 is 0 Å². The summed E-state index contributed by atoms with van der Waals surface area (Å²) < 4.78 is 6.09. The quantitative estimate of drug-likeness (QED) is 0.510. The number of nitrogens with zero attached hydrogens (tertiary/aromatic N) is 4. The fraction of sp³-hybridized carbons (Fsp3) is 0.167. The van der Waals surface area contributed by atoms with Gasteiger partial charge in [0.25, 0.3) is 0 Å². The smallest absolute Gasteiger partial charge is 0.247 e. The third-order valence-corrected chi connectivity index (χ3v) is 4.73. The van der Waals surface area contributed by atoms with Gasteiger partial charge in [-0.1, -0.05) is 36.9 Å². The topological polar surface area (TPSA) is 110 Å². The average molecular weight is 381 g/mol. The number of ether oxygens (including phenoxy) is 1. The van der Waals surface area contributed by atoms with E-state index in [0.29, 0.717) is 22.3 Å². The zero-order valence-electron chi connectivity index (χ0n) is 14.3. The van der Waals surface area contributed by atoms with Crippen molar-refractivity contribution in [3.63, 3.8) is 0 Å². The summed E-state index contributed by atoms with van der Waals surface area (Å²) in [5.74, 6) is 0.969. The van der Waals surface area contributed by atoms with Crippen LogP contribution in [0.25, 0.3) is 11.3 Å². The molecule has 1 aliphatic heterocycles. The molecule has 0 amide bonds. The number of phenols is 1. The number of nitrogens with one attached hydrogen (secondary N) is 1. The number of aromatic hydroxyl groups is 1. The van der Waals surface area contributed by atoms with Crippen molar-refractivity contribution in [3.8, 4) is 22.9 Å². The van der Waals surface area contributed by atoms with Gasteiger partial charge in [-0.2, -0.15) is 4.98 Å². The van der Waals surface area contributed by atoms with Gasteiger partial charge in [0.1, 0.15) is 11.4 Å². The highest BCUT2D eigenvalue weighted by molar-refractivity contribution is 7.99. The number of hydrogen-bond donors (Lipinski definition) is 2. The zero-order chi connectivity index (χ0) is 18.8. The van der Waals surface area contributed by atoms with Crippen LogP contribution in [0.4, 0.5) is 11.4 Å². The van der Waals surface area contributed by atoms with E-state index < -0.39 is 6.23 Å². The third kappa shape index (κ3) is 3.28. The van der Waals surface area contributed by atoms with E-state index in [1.165, 1.54) is 23.9 Å². The molecule has 0 radical (unpaired) electrons. The highest BCUT2D eigenvalue weighted by Crippen LogP contribution is 2.40. The van der Waals surface area contributed by atoms with E-state index in [2.05, 4.69) is 25.7 Å². The Balaban J connectivity index is 1.83. The normalized spacial score (nSPS) is 14.9. The van der Waals surface area contributed by atoms with Gasteiger partial charge < -0.3 is 15.2 Å². The number of rotatable bonds is 4. The molecule has 4 rings (SSSR count). The van der Waals surface area contributed by atoms with Crippen molar-refractivity contribution in [2.24, 2.45) is 5.18 Å². The van der Waals surface area contributed by atoms with Crippen LogP contribution >= 0.6 is 11.8 Å². The predicted molar refractivity (Wildman–Crippen MR) is 102 cm³/mol. The molecule has 0 saturated heterocycles. The number of hydrogen-bond acceptors (Lipinski definition) is 9. The first-order valence-electron chi connectivity index (χ1n) is 8.26. The molecule has 0 bridgehead atoms. The second kappa shape index (κ2) is 7.20. The van der Waals surface area contributed by atoms with Crippen molar-refractivity contribution in [3.05, 3.63) is 52.9 Å². The summed E-state index contributed by atoms with van der Waals surface area (Å²) >= 11 is 1.47. The number of benzene rings is 2. The summed E-state index contributed by atoms with van der Waals surface area (Å²) in [7, 11) is 0. The van der Waals surface area contributed by atoms with Gasteiger partial charge in [0, 0.05) is 16.8 Å². The lowest BCUT2D eigenvalue weighted by Crippen LogP contribution is -2.17. The molecule has 1 aromatic heterocycles. The SMILES string of the molecule is CCSc1nnc2c(n1)OC(c1ccc(O)c(N=O)c1)Nc1ccccc1-2. The molecule has 0 fully saturated rings. The molecule has 2 N–H and O–H groups in total. The van der Waals surface area contributed by atoms with Crippen LogP contribution in [0, 0.1) is 4.91 Å². The number of nitroso groups, excluding NO2 is 1. The minimum Gasteiger partial charge on any atom is -0.506 e. The lowest BCUT2D eigenvalue weighted by Gasteiger charge is -2.19. The molecule has 3 aromatic rings. The van der Waals surface area contributed by atoms with E-state index in [1.807, 2.05) is 31.2 Å². The van der Waals surface area contributed by atoms with Crippen LogP contribution < -0.4 is 10.1 Å². The summed E-state index contributed by atoms with van der Waals surface area (Å²) in [5, 5.41) is 24.8. The lowest BCUT2D eigenvalue weighted by atomic mass is 10.1. The first-order chi connectivity index (χ1) is 13.2. The summed E-state index contributed by atoms with van der Waals surface area (Å²) in [6, 6.07) is 12.1. The van der Waals surface area contributed by atoms with Gasteiger partial charge in [-0.15, -0.1) is 15.1 Å². The van der Waals surface area contributed by atoms with Crippen LogP contribution in [0.5, 0.6) is 11.6 Å². The van der Waals surface area contributed by atoms with Crippen molar-refractivity contribution < 1.29 is 9.84 Å². The minimum atomic E-state index is -0.648. The maximum Gasteiger partial charge on any atom is 0.247 e. The van der Waals surface area contributed by atoms with E-state index in [1.54, 1.807) is 6.07 Å². The first-order valence-corrected chi connectivity index (χ1v) is 9.24. The molecule has 27 heavy (non-hydrogen) atoms. The summed E-state index contributed by atoms with van der Waals surface area (Å²) in [5.41, 5.74) is 2.71. The second-order valence-electron chi connectivity index (χ2n) is 5.71. The molecule has 0 aliphatic carbocycles. The Kier molecular flexibility index (Phi) is 4.59. The minimum absolute atomic E-state index is 0.0568. The Morgan fingerprint density at radius 1 is 1.26 bits per heavy atom. The van der Waals surface area contributed by atoms with Crippen molar-refractivity contribution in [2.45, 2.75) is 18.3 Å². The number of anilines is 1. The van der Waals surface area contributed by atoms with Crippen LogP contribution in [0.15, 0.2) is 52.8 Å². The fourth-order valence-corrected chi connectivity index (χ4v) is 3.27. The maximum absolute atomic E-state index is 10.9. The summed E-state index contributed by atoms with van der Waals surface area (Å²) in [6.07, 6.45) is -0.648. The summed E-state index contributed by atoms with van der Waals surface area (Å²) in [6.45, 7) is 2.00. The molecular formula is C18H15N5O3S. The van der Waals surface area contributed by atoms with Gasteiger partial charge in [0.05, 0.1) is 0 Å². The van der Waals surface area contributed by atoms with Gasteiger partial charge in [0.15, 0.2) is 11.9 Å². The molecule has 1 atom stereocenters. The van der Waals surface area contributed by atoms with Crippen LogP contribution in [0.2, 0.25) is 0 Å². The Morgan fingerprint density at radius 2 is 2.11 bits per heavy atom. The number of aromatic nitrogens is 3. The van der Waals surface area contributed by atoms with Gasteiger partial charge in [-0.3, -0.25) is 0 Å². The standard InChI is InChI=1S/C18H15N5O3S/c1-2-27-18-20-17-15(21-22-18)11-5-3-4-6-12(11)19-16(26-17)10-7-8-14(24)13(9-10)23-25/h3-9,16,19,24H,2H2,1H3. The van der Waals surface area contributed by atoms with E-state index in [0.717, 1.165) is 17.0 Å². The molecule has 2 heterocycles. The van der Waals surface area contributed by atoms with Crippen molar-refractivity contribution >= 4 is 23.1 Å². The number of para-hydroxylation sites is 1. The predicted octanol–water partition coefficient (Wildman–Crippen LogP) is 4.26. The Bertz CT molecular complexity index is 1010. The van der Waals surface area contributed by atoms with Gasteiger partial charge in [-0.25, -0.2) is 0 Å². The van der Waals surface area contributed by atoms with Crippen LogP contribution in [0.3, 0.4) is 0 Å². The van der Waals surface area contributed by atoms with Gasteiger partial charge >= 0.3 is 0 Å². The Morgan fingerprint density at radius 3 is 2.93 bits per heavy atom. The molecule has 136 valence electrons. The van der Waals surface area contributed by atoms with E-state index in [-0.39, 0.29) is 11.4 Å². The van der Waals surface area contributed by atoms with E-state index in [4.69, 9.17) is 4.74 Å². The maximum atomic E-state index is 10.9. The summed E-state index contributed by atoms with van der Waals surface area (Å²) in [4.78, 5) is 15.4. The third-order valence-electron chi connectivity index (χ3n) is 4.01. The molecule has 2 aromatic carbocycles. The molecular weight excluding hydrogens is 366 g/mol. The van der Waals surface area contributed by atoms with Crippen molar-refractivity contribution in [2.75, 3.05) is 11.1 Å². The Labute approximate surface area is 159 Å². The molecule has 8 nitrogen and oxygen atoms in total. The van der Waals surface area contributed by atoms with Crippen LogP contribution in [-0.2, 0) is 0 Å². The molecule has 0 saturated carbocycles. The fourth-order valence-electron chi connectivity index (χ4n) is 2.77. The van der Waals surface area contributed by atoms with Gasteiger partial charge in [0.2, 0.25) is 11.0 Å². The highest BCUT2D eigenvalue weighted by Gasteiger charge is 2.26. The monoisotopic (exact) mass is 381 g/mol. The number of fused-ring (bicyclic) bond motifs is 3.